The number of benzene rings is 1. The van der Waals surface area contributed by atoms with Crippen molar-refractivity contribution in [3.05, 3.63) is 23.8 Å². The number of nitrogens with one attached hydrogen (secondary N) is 2. The minimum Gasteiger partial charge on any atom is -0.382 e. The maximum Gasteiger partial charge on any atom is 0.243 e. The summed E-state index contributed by atoms with van der Waals surface area (Å²) in [6, 6.07) is 4.90. The van der Waals surface area contributed by atoms with Gasteiger partial charge in [-0.3, -0.25) is 9.59 Å². The molecule has 0 bridgehead atoms. The van der Waals surface area contributed by atoms with Gasteiger partial charge in [-0.1, -0.05) is 0 Å². The van der Waals surface area contributed by atoms with Crippen molar-refractivity contribution in [1.29, 1.82) is 0 Å². The monoisotopic (exact) mass is 437 g/mol. The second-order valence-corrected chi connectivity index (χ2v) is 9.68. The standard InChI is InChI=1S/C21H31N3O5S/c1-2-29-14-4-11-22-21(26)16-9-12-24(13-10-16)30(27,28)18-7-8-19-17(15-18)5-3-6-20(25)23-19/h7-8,15-16H,2-6,9-14H2,1H3,(H,22,26)(H,23,25). The predicted molar refractivity (Wildman–Crippen MR) is 114 cm³/mol. The van der Waals surface area contributed by atoms with E-state index in [9.17, 15) is 18.0 Å². The summed E-state index contributed by atoms with van der Waals surface area (Å²) in [6.07, 6.45) is 3.61. The summed E-state index contributed by atoms with van der Waals surface area (Å²) in [5.74, 6) is -0.210. The molecule has 1 fully saturated rings. The van der Waals surface area contributed by atoms with Gasteiger partial charge in [0, 0.05) is 50.9 Å². The van der Waals surface area contributed by atoms with Crippen molar-refractivity contribution < 1.29 is 22.7 Å². The van der Waals surface area contributed by atoms with E-state index in [1.54, 1.807) is 18.2 Å². The highest BCUT2D eigenvalue weighted by Crippen LogP contribution is 2.29. The summed E-state index contributed by atoms with van der Waals surface area (Å²) in [7, 11) is -3.62. The molecular weight excluding hydrogens is 406 g/mol. The first kappa shape index (κ1) is 22.7. The molecule has 0 saturated carbocycles. The van der Waals surface area contributed by atoms with Crippen LogP contribution < -0.4 is 10.6 Å². The molecule has 0 aliphatic carbocycles. The summed E-state index contributed by atoms with van der Waals surface area (Å²) in [6.45, 7) is 4.45. The molecule has 3 rings (SSSR count). The van der Waals surface area contributed by atoms with Gasteiger partial charge in [-0.2, -0.15) is 4.31 Å². The minimum absolute atomic E-state index is 0.00989. The third kappa shape index (κ3) is 5.59. The number of nitrogens with zero attached hydrogens (tertiary/aromatic N) is 1. The molecule has 2 amide bonds. The Balaban J connectivity index is 1.56. The molecule has 0 unspecified atom stereocenters. The lowest BCUT2D eigenvalue weighted by molar-refractivity contribution is -0.126. The molecule has 0 aromatic heterocycles. The minimum atomic E-state index is -3.62. The van der Waals surface area contributed by atoms with Crippen molar-refractivity contribution in [2.45, 2.75) is 50.3 Å². The van der Waals surface area contributed by atoms with Crippen molar-refractivity contribution in [3.63, 3.8) is 0 Å². The third-order valence-electron chi connectivity index (χ3n) is 5.63. The SMILES string of the molecule is CCOCCCNC(=O)C1CCN(S(=O)(=O)c2ccc3c(c2)CCCC(=O)N3)CC1. The third-order valence-corrected chi connectivity index (χ3v) is 7.53. The van der Waals surface area contributed by atoms with Crippen LogP contribution in [0.3, 0.4) is 0 Å². The Morgan fingerprint density at radius 3 is 2.77 bits per heavy atom. The Morgan fingerprint density at radius 2 is 2.03 bits per heavy atom. The first-order chi connectivity index (χ1) is 14.4. The number of fused-ring (bicyclic) bond motifs is 1. The van der Waals surface area contributed by atoms with E-state index >= 15 is 0 Å². The van der Waals surface area contributed by atoms with Crippen LogP contribution in [0.2, 0.25) is 0 Å². The Labute approximate surface area is 178 Å². The highest BCUT2D eigenvalue weighted by Gasteiger charge is 2.32. The zero-order valence-electron chi connectivity index (χ0n) is 17.5. The number of carbonyl (C=O) groups excluding carboxylic acids is 2. The van der Waals surface area contributed by atoms with Gasteiger partial charge >= 0.3 is 0 Å². The molecule has 9 heteroatoms. The zero-order valence-corrected chi connectivity index (χ0v) is 18.3. The number of hydrogen-bond donors (Lipinski definition) is 2. The van der Waals surface area contributed by atoms with Crippen LogP contribution >= 0.6 is 0 Å². The molecule has 2 heterocycles. The maximum atomic E-state index is 13.1. The quantitative estimate of drug-likeness (QED) is 0.605. The van der Waals surface area contributed by atoms with Crippen molar-refractivity contribution in [1.82, 2.24) is 9.62 Å². The summed E-state index contributed by atoms with van der Waals surface area (Å²) < 4.78 is 32.9. The molecule has 0 atom stereocenters. The van der Waals surface area contributed by atoms with Crippen LogP contribution in [0.1, 0.15) is 44.6 Å². The van der Waals surface area contributed by atoms with Crippen LogP contribution in [0.4, 0.5) is 5.69 Å². The van der Waals surface area contributed by atoms with Crippen molar-refractivity contribution in [3.8, 4) is 0 Å². The summed E-state index contributed by atoms with van der Waals surface area (Å²) in [5.41, 5.74) is 1.54. The Bertz CT molecular complexity index is 863. The van der Waals surface area contributed by atoms with E-state index in [2.05, 4.69) is 10.6 Å². The molecule has 1 aromatic carbocycles. The van der Waals surface area contributed by atoms with E-state index in [0.717, 1.165) is 12.0 Å². The highest BCUT2D eigenvalue weighted by atomic mass is 32.2. The number of ether oxygens (including phenoxy) is 1. The average Bonchev–Trinajstić information content (AvgIpc) is 2.93. The summed E-state index contributed by atoms with van der Waals surface area (Å²) in [5, 5.41) is 5.75. The first-order valence-electron chi connectivity index (χ1n) is 10.7. The van der Waals surface area contributed by atoms with E-state index in [0.29, 0.717) is 70.6 Å². The van der Waals surface area contributed by atoms with Crippen LogP contribution in [-0.2, 0) is 30.8 Å². The van der Waals surface area contributed by atoms with Gasteiger partial charge in [0.25, 0.3) is 0 Å². The predicted octanol–water partition coefficient (Wildman–Crippen LogP) is 1.90. The molecule has 0 radical (unpaired) electrons. The van der Waals surface area contributed by atoms with Gasteiger partial charge in [-0.05, 0) is 62.8 Å². The first-order valence-corrected chi connectivity index (χ1v) is 12.1. The molecule has 8 nitrogen and oxygen atoms in total. The van der Waals surface area contributed by atoms with Gasteiger partial charge in [0.15, 0.2) is 0 Å². The Kier molecular flexibility index (Phi) is 7.85. The van der Waals surface area contributed by atoms with Crippen molar-refractivity contribution in [2.75, 3.05) is 38.2 Å². The molecule has 0 spiro atoms. The van der Waals surface area contributed by atoms with Crippen LogP contribution in [0, 0.1) is 5.92 Å². The van der Waals surface area contributed by atoms with E-state index in [-0.39, 0.29) is 22.6 Å². The topological polar surface area (TPSA) is 105 Å². The molecule has 2 aliphatic rings. The number of aryl methyl sites for hydroxylation is 1. The van der Waals surface area contributed by atoms with Crippen LogP contribution in [0.5, 0.6) is 0 Å². The molecule has 2 N–H and O–H groups in total. The molecule has 30 heavy (non-hydrogen) atoms. The van der Waals surface area contributed by atoms with Gasteiger partial charge < -0.3 is 15.4 Å². The smallest absolute Gasteiger partial charge is 0.243 e. The maximum absolute atomic E-state index is 13.1. The van der Waals surface area contributed by atoms with E-state index < -0.39 is 10.0 Å². The van der Waals surface area contributed by atoms with Crippen molar-refractivity contribution in [2.24, 2.45) is 5.92 Å². The van der Waals surface area contributed by atoms with Gasteiger partial charge in [-0.15, -0.1) is 0 Å². The van der Waals surface area contributed by atoms with E-state index in [4.69, 9.17) is 4.74 Å². The zero-order chi connectivity index (χ0) is 21.6. The second kappa shape index (κ2) is 10.4. The number of anilines is 1. The molecule has 1 aromatic rings. The molecule has 2 aliphatic heterocycles. The van der Waals surface area contributed by atoms with Crippen LogP contribution in [0.15, 0.2) is 23.1 Å². The Hall–Kier alpha value is -1.97. The molecular formula is C21H31N3O5S. The lowest BCUT2D eigenvalue weighted by Crippen LogP contribution is -2.43. The van der Waals surface area contributed by atoms with Gasteiger partial charge in [0.05, 0.1) is 4.90 Å². The number of amides is 2. The van der Waals surface area contributed by atoms with E-state index in [1.165, 1.54) is 4.31 Å². The summed E-state index contributed by atoms with van der Waals surface area (Å²) >= 11 is 0. The fraction of sp³-hybridized carbons (Fsp3) is 0.619. The number of rotatable bonds is 8. The van der Waals surface area contributed by atoms with Gasteiger partial charge in [0.2, 0.25) is 21.8 Å². The number of sulfonamides is 1. The number of piperidine rings is 1. The van der Waals surface area contributed by atoms with Crippen molar-refractivity contribution >= 4 is 27.5 Å². The second-order valence-electron chi connectivity index (χ2n) is 7.74. The Morgan fingerprint density at radius 1 is 1.27 bits per heavy atom. The lowest BCUT2D eigenvalue weighted by atomic mass is 9.97. The average molecular weight is 438 g/mol. The number of hydrogen-bond acceptors (Lipinski definition) is 5. The van der Waals surface area contributed by atoms with Gasteiger partial charge in [0.1, 0.15) is 0 Å². The van der Waals surface area contributed by atoms with E-state index in [1.807, 2.05) is 6.92 Å². The van der Waals surface area contributed by atoms with Crippen LogP contribution in [-0.4, -0.2) is 57.4 Å². The highest BCUT2D eigenvalue weighted by molar-refractivity contribution is 7.89. The fourth-order valence-corrected chi connectivity index (χ4v) is 5.41. The molecule has 166 valence electrons. The largest absolute Gasteiger partial charge is 0.382 e. The summed E-state index contributed by atoms with van der Waals surface area (Å²) in [4.78, 5) is 24.3. The number of carbonyl (C=O) groups is 2. The normalized spacial score (nSPS) is 18.4. The van der Waals surface area contributed by atoms with Crippen LogP contribution in [0.25, 0.3) is 0 Å². The van der Waals surface area contributed by atoms with Gasteiger partial charge in [-0.25, -0.2) is 8.42 Å². The lowest BCUT2D eigenvalue weighted by Gasteiger charge is -2.30. The fourth-order valence-electron chi connectivity index (χ4n) is 3.89. The molecule has 1 saturated heterocycles.